The van der Waals surface area contributed by atoms with Crippen molar-refractivity contribution in [3.63, 3.8) is 0 Å². The Morgan fingerprint density at radius 1 is 0.917 bits per heavy atom. The van der Waals surface area contributed by atoms with Gasteiger partial charge in [0.25, 0.3) is 0 Å². The van der Waals surface area contributed by atoms with Crippen LogP contribution in [0.2, 0.25) is 0 Å². The summed E-state index contributed by atoms with van der Waals surface area (Å²) in [5.41, 5.74) is 1.54. The van der Waals surface area contributed by atoms with Crippen LogP contribution in [0.5, 0.6) is 0 Å². The first-order chi connectivity index (χ1) is 11.5. The topological polar surface area (TPSA) is 37.8 Å². The van der Waals surface area contributed by atoms with E-state index in [1.165, 1.54) is 6.07 Å². The van der Waals surface area contributed by atoms with Gasteiger partial charge >= 0.3 is 6.18 Å². The summed E-state index contributed by atoms with van der Waals surface area (Å²) in [6, 6.07) is 16.6. The lowest BCUT2D eigenvalue weighted by Crippen LogP contribution is -2.08. The molecule has 0 aliphatic rings. The fourth-order valence-corrected chi connectivity index (χ4v) is 2.25. The molecule has 0 saturated carbocycles. The van der Waals surface area contributed by atoms with Gasteiger partial charge < -0.3 is 5.32 Å². The van der Waals surface area contributed by atoms with Crippen LogP contribution < -0.4 is 5.32 Å². The average Bonchev–Trinajstić information content (AvgIpc) is 2.61. The Kier molecular flexibility index (Phi) is 4.46. The van der Waals surface area contributed by atoms with Gasteiger partial charge in [0.15, 0.2) is 0 Å². The maximum absolute atomic E-state index is 12.7. The van der Waals surface area contributed by atoms with Gasteiger partial charge in [-0.05, 0) is 23.8 Å². The third-order valence-electron chi connectivity index (χ3n) is 3.43. The molecule has 3 nitrogen and oxygen atoms in total. The lowest BCUT2D eigenvalue weighted by atomic mass is 10.1. The maximum Gasteiger partial charge on any atom is 0.416 e. The highest BCUT2D eigenvalue weighted by molar-refractivity contribution is 5.59. The molecule has 0 radical (unpaired) electrons. The van der Waals surface area contributed by atoms with Crippen molar-refractivity contribution in [2.45, 2.75) is 12.7 Å². The number of nitrogens with zero attached hydrogens (tertiary/aromatic N) is 2. The van der Waals surface area contributed by atoms with Crippen LogP contribution in [0, 0.1) is 0 Å². The maximum atomic E-state index is 12.7. The smallest absolute Gasteiger partial charge is 0.350 e. The molecule has 0 fully saturated rings. The molecule has 0 unspecified atom stereocenters. The van der Waals surface area contributed by atoms with Gasteiger partial charge in [-0.2, -0.15) is 13.2 Å². The average molecular weight is 329 g/mol. The molecule has 0 spiro atoms. The summed E-state index contributed by atoms with van der Waals surface area (Å²) in [7, 11) is 0. The lowest BCUT2D eigenvalue weighted by molar-refractivity contribution is -0.137. The minimum absolute atomic E-state index is 0.210. The molecule has 0 aliphatic heterocycles. The molecular formula is C18H14F3N3. The number of benzene rings is 2. The molecule has 0 aliphatic carbocycles. The summed E-state index contributed by atoms with van der Waals surface area (Å²) >= 11 is 0. The van der Waals surface area contributed by atoms with Crippen LogP contribution in [0.15, 0.2) is 66.9 Å². The van der Waals surface area contributed by atoms with Crippen LogP contribution in [-0.2, 0) is 12.7 Å². The normalized spacial score (nSPS) is 11.3. The summed E-state index contributed by atoms with van der Waals surface area (Å²) in [6.07, 6.45) is -2.73. The number of rotatable bonds is 4. The van der Waals surface area contributed by atoms with Gasteiger partial charge in [0, 0.05) is 18.3 Å². The predicted octanol–water partition coefficient (Wildman–Crippen LogP) is 4.77. The fourth-order valence-electron chi connectivity index (χ4n) is 2.25. The van der Waals surface area contributed by atoms with E-state index in [1.54, 1.807) is 18.3 Å². The third-order valence-corrected chi connectivity index (χ3v) is 3.43. The van der Waals surface area contributed by atoms with E-state index in [2.05, 4.69) is 15.3 Å². The Morgan fingerprint density at radius 3 is 2.46 bits per heavy atom. The van der Waals surface area contributed by atoms with E-state index >= 15 is 0 Å². The van der Waals surface area contributed by atoms with Gasteiger partial charge in [0.1, 0.15) is 0 Å². The van der Waals surface area contributed by atoms with Crippen molar-refractivity contribution >= 4 is 5.95 Å². The number of hydrogen-bond donors (Lipinski definition) is 1. The first-order valence-corrected chi connectivity index (χ1v) is 7.31. The molecule has 1 aromatic heterocycles. The van der Waals surface area contributed by atoms with E-state index in [0.717, 1.165) is 23.4 Å². The van der Waals surface area contributed by atoms with Crippen molar-refractivity contribution in [2.75, 3.05) is 5.32 Å². The molecule has 24 heavy (non-hydrogen) atoms. The first kappa shape index (κ1) is 16.0. The Hall–Kier alpha value is -2.89. The second-order valence-corrected chi connectivity index (χ2v) is 5.18. The number of alkyl halides is 3. The fraction of sp³-hybridized carbons (Fsp3) is 0.111. The number of halogens is 3. The van der Waals surface area contributed by atoms with E-state index in [4.69, 9.17) is 0 Å². The number of hydrogen-bond acceptors (Lipinski definition) is 3. The molecule has 1 heterocycles. The lowest BCUT2D eigenvalue weighted by Gasteiger charge is -2.10. The molecule has 122 valence electrons. The van der Waals surface area contributed by atoms with Gasteiger partial charge in [-0.3, -0.25) is 0 Å². The summed E-state index contributed by atoms with van der Waals surface area (Å²) in [5.74, 6) is 0.369. The minimum Gasteiger partial charge on any atom is -0.350 e. The summed E-state index contributed by atoms with van der Waals surface area (Å²) in [5, 5.41) is 2.96. The summed E-state index contributed by atoms with van der Waals surface area (Å²) < 4.78 is 38.2. The van der Waals surface area contributed by atoms with Gasteiger partial charge in [0.05, 0.1) is 11.3 Å². The second kappa shape index (κ2) is 6.70. The molecule has 0 atom stereocenters. The highest BCUT2D eigenvalue weighted by Gasteiger charge is 2.30. The van der Waals surface area contributed by atoms with E-state index in [0.29, 0.717) is 11.5 Å². The molecule has 0 saturated heterocycles. The summed E-state index contributed by atoms with van der Waals surface area (Å²) in [4.78, 5) is 8.49. The number of nitrogens with one attached hydrogen (secondary N) is 1. The van der Waals surface area contributed by atoms with Crippen LogP contribution in [0.3, 0.4) is 0 Å². The highest BCUT2D eigenvalue weighted by Crippen LogP contribution is 2.29. The molecular weight excluding hydrogens is 315 g/mol. The second-order valence-electron chi connectivity index (χ2n) is 5.18. The Balaban J connectivity index is 1.74. The van der Waals surface area contributed by atoms with Crippen molar-refractivity contribution in [3.8, 4) is 11.3 Å². The van der Waals surface area contributed by atoms with Gasteiger partial charge in [0.2, 0.25) is 5.95 Å². The zero-order valence-electron chi connectivity index (χ0n) is 12.6. The van der Waals surface area contributed by atoms with Gasteiger partial charge in [-0.25, -0.2) is 9.97 Å². The zero-order valence-corrected chi connectivity index (χ0v) is 12.6. The van der Waals surface area contributed by atoms with Crippen LogP contribution >= 0.6 is 0 Å². The van der Waals surface area contributed by atoms with Crippen LogP contribution in [-0.4, -0.2) is 9.97 Å². The van der Waals surface area contributed by atoms with E-state index in [9.17, 15) is 13.2 Å². The van der Waals surface area contributed by atoms with Gasteiger partial charge in [-0.1, -0.05) is 42.5 Å². The summed E-state index contributed by atoms with van der Waals surface area (Å²) in [6.45, 7) is 0.210. The molecule has 3 rings (SSSR count). The number of anilines is 1. The Labute approximate surface area is 137 Å². The minimum atomic E-state index is -4.35. The van der Waals surface area contributed by atoms with E-state index < -0.39 is 11.7 Å². The van der Waals surface area contributed by atoms with Crippen LogP contribution in [0.1, 0.15) is 11.1 Å². The molecule has 1 N–H and O–H groups in total. The third kappa shape index (κ3) is 3.90. The molecule has 0 bridgehead atoms. The van der Waals surface area contributed by atoms with Crippen molar-refractivity contribution < 1.29 is 13.2 Å². The quantitative estimate of drug-likeness (QED) is 0.749. The van der Waals surface area contributed by atoms with E-state index in [-0.39, 0.29) is 6.54 Å². The van der Waals surface area contributed by atoms with Crippen molar-refractivity contribution in [3.05, 3.63) is 78.0 Å². The Bertz CT molecular complexity index is 817. The molecule has 2 aromatic carbocycles. The monoisotopic (exact) mass is 329 g/mol. The standard InChI is InChI=1S/C18H14F3N3/c19-18(20,21)15-8-4-5-13(11-15)12-23-17-22-10-9-16(24-17)14-6-2-1-3-7-14/h1-11H,12H2,(H,22,23,24). The number of aromatic nitrogens is 2. The van der Waals surface area contributed by atoms with Crippen LogP contribution in [0.25, 0.3) is 11.3 Å². The zero-order chi connectivity index (χ0) is 17.0. The van der Waals surface area contributed by atoms with E-state index in [1.807, 2.05) is 30.3 Å². The van der Waals surface area contributed by atoms with Gasteiger partial charge in [-0.15, -0.1) is 0 Å². The Morgan fingerprint density at radius 2 is 1.71 bits per heavy atom. The van der Waals surface area contributed by atoms with Crippen molar-refractivity contribution in [1.82, 2.24) is 9.97 Å². The largest absolute Gasteiger partial charge is 0.416 e. The van der Waals surface area contributed by atoms with Crippen molar-refractivity contribution in [1.29, 1.82) is 0 Å². The molecule has 6 heteroatoms. The molecule has 3 aromatic rings. The highest BCUT2D eigenvalue weighted by atomic mass is 19.4. The molecule has 0 amide bonds. The van der Waals surface area contributed by atoms with Crippen LogP contribution in [0.4, 0.5) is 19.1 Å². The predicted molar refractivity (Wildman–Crippen MR) is 86.2 cm³/mol. The SMILES string of the molecule is FC(F)(F)c1cccc(CNc2nccc(-c3ccccc3)n2)c1. The van der Waals surface area contributed by atoms with Crippen molar-refractivity contribution in [2.24, 2.45) is 0 Å². The first-order valence-electron chi connectivity index (χ1n) is 7.31.